The van der Waals surface area contributed by atoms with Crippen molar-refractivity contribution in [3.05, 3.63) is 71.8 Å². The molecule has 1 aliphatic heterocycles. The Hall–Kier alpha value is -2.13. The monoisotopic (exact) mass is 323 g/mol. The highest BCUT2D eigenvalue weighted by Crippen LogP contribution is 2.29. The van der Waals surface area contributed by atoms with Gasteiger partial charge in [0.1, 0.15) is 0 Å². The fraction of sp³-hybridized carbons (Fsp3) is 0.381. The Bertz CT molecular complexity index is 617. The molecule has 1 N–H and O–H groups in total. The summed E-state index contributed by atoms with van der Waals surface area (Å²) in [4.78, 5) is 13.8. The van der Waals surface area contributed by atoms with Crippen LogP contribution in [0.1, 0.15) is 30.4 Å². The molecule has 1 saturated heterocycles. The lowest BCUT2D eigenvalue weighted by atomic mass is 9.87. The fourth-order valence-electron chi connectivity index (χ4n) is 3.82. The van der Waals surface area contributed by atoms with Gasteiger partial charge in [-0.05, 0) is 23.5 Å². The van der Waals surface area contributed by atoms with Crippen molar-refractivity contribution in [2.24, 2.45) is 11.8 Å². The molecular weight excluding hydrogens is 298 g/mol. The molecule has 0 bridgehead atoms. The quantitative estimate of drug-likeness (QED) is 0.908. The maximum Gasteiger partial charge on any atom is 0.307 e. The van der Waals surface area contributed by atoms with E-state index < -0.39 is 5.97 Å². The average Bonchev–Trinajstić information content (AvgIpc) is 2.60. The summed E-state index contributed by atoms with van der Waals surface area (Å²) in [7, 11) is 0. The van der Waals surface area contributed by atoms with Gasteiger partial charge < -0.3 is 10.0 Å². The number of rotatable bonds is 5. The maximum absolute atomic E-state index is 11.4. The molecule has 3 heteroatoms. The Labute approximate surface area is 143 Å². The largest absolute Gasteiger partial charge is 0.481 e. The van der Waals surface area contributed by atoms with Crippen molar-refractivity contribution < 1.29 is 9.90 Å². The first-order chi connectivity index (χ1) is 11.6. The summed E-state index contributed by atoms with van der Waals surface area (Å²) in [5.41, 5.74) is 2.57. The van der Waals surface area contributed by atoms with Crippen LogP contribution < -0.4 is 0 Å². The molecular formula is C21H25NO2. The summed E-state index contributed by atoms with van der Waals surface area (Å²) in [5.74, 6) is -0.220. The van der Waals surface area contributed by atoms with E-state index in [0.717, 1.165) is 19.5 Å². The molecule has 0 amide bonds. The van der Waals surface area contributed by atoms with E-state index in [1.807, 2.05) is 12.1 Å². The molecule has 1 heterocycles. The van der Waals surface area contributed by atoms with Crippen LogP contribution in [0.5, 0.6) is 0 Å². The Morgan fingerprint density at radius 1 is 1.04 bits per heavy atom. The topological polar surface area (TPSA) is 40.5 Å². The van der Waals surface area contributed by atoms with Gasteiger partial charge in [0, 0.05) is 25.6 Å². The van der Waals surface area contributed by atoms with Crippen LogP contribution in [-0.2, 0) is 4.79 Å². The molecule has 3 rings (SSSR count). The second kappa shape index (κ2) is 7.63. The smallest absolute Gasteiger partial charge is 0.307 e. The number of hydrogen-bond acceptors (Lipinski definition) is 2. The van der Waals surface area contributed by atoms with E-state index in [2.05, 4.69) is 60.4 Å². The van der Waals surface area contributed by atoms with Crippen LogP contribution in [0.15, 0.2) is 60.7 Å². The standard InChI is InChI=1S/C21H25NO2/c1-16-12-19(21(23)24)14-22(13-16)15-20(17-8-4-2-5-9-17)18-10-6-3-7-11-18/h2-11,16,19-20H,12-15H2,1H3,(H,23,24). The summed E-state index contributed by atoms with van der Waals surface area (Å²) >= 11 is 0. The van der Waals surface area contributed by atoms with Crippen molar-refractivity contribution in [3.8, 4) is 0 Å². The number of carboxylic acid groups (broad SMARTS) is 1. The minimum absolute atomic E-state index is 0.249. The van der Waals surface area contributed by atoms with E-state index in [-0.39, 0.29) is 11.8 Å². The predicted octanol–water partition coefficient (Wildman–Crippen LogP) is 3.86. The van der Waals surface area contributed by atoms with Gasteiger partial charge in [0.25, 0.3) is 0 Å². The highest BCUT2D eigenvalue weighted by Gasteiger charge is 2.31. The molecule has 1 aliphatic rings. The first-order valence-corrected chi connectivity index (χ1v) is 8.68. The Morgan fingerprint density at radius 3 is 2.08 bits per heavy atom. The SMILES string of the molecule is CC1CC(C(=O)O)CN(CC(c2ccccc2)c2ccccc2)C1. The number of hydrogen-bond donors (Lipinski definition) is 1. The maximum atomic E-state index is 11.4. The van der Waals surface area contributed by atoms with Crippen molar-refractivity contribution in [1.82, 2.24) is 4.90 Å². The summed E-state index contributed by atoms with van der Waals surface area (Å²) in [6.45, 7) is 4.64. The third-order valence-electron chi connectivity index (χ3n) is 4.93. The van der Waals surface area contributed by atoms with Gasteiger partial charge in [0.05, 0.1) is 5.92 Å². The lowest BCUT2D eigenvalue weighted by Gasteiger charge is -2.37. The van der Waals surface area contributed by atoms with Crippen LogP contribution in [0.25, 0.3) is 0 Å². The zero-order valence-corrected chi connectivity index (χ0v) is 14.1. The van der Waals surface area contributed by atoms with E-state index in [1.54, 1.807) is 0 Å². The molecule has 2 atom stereocenters. The van der Waals surface area contributed by atoms with Gasteiger partial charge in [-0.25, -0.2) is 0 Å². The van der Waals surface area contributed by atoms with Crippen LogP contribution in [0.3, 0.4) is 0 Å². The molecule has 0 aliphatic carbocycles. The van der Waals surface area contributed by atoms with Crippen LogP contribution in [0.4, 0.5) is 0 Å². The zero-order chi connectivity index (χ0) is 16.9. The third kappa shape index (κ3) is 4.04. The number of piperidine rings is 1. The van der Waals surface area contributed by atoms with Crippen LogP contribution in [-0.4, -0.2) is 35.6 Å². The van der Waals surface area contributed by atoms with E-state index in [4.69, 9.17) is 0 Å². The Kier molecular flexibility index (Phi) is 5.31. The lowest BCUT2D eigenvalue weighted by Crippen LogP contribution is -2.44. The molecule has 2 aromatic carbocycles. The van der Waals surface area contributed by atoms with E-state index in [9.17, 15) is 9.90 Å². The van der Waals surface area contributed by atoms with Gasteiger partial charge in [0.2, 0.25) is 0 Å². The summed E-state index contributed by atoms with van der Waals surface area (Å²) < 4.78 is 0. The van der Waals surface area contributed by atoms with Crippen LogP contribution in [0, 0.1) is 11.8 Å². The van der Waals surface area contributed by atoms with Crippen molar-refractivity contribution in [2.75, 3.05) is 19.6 Å². The summed E-state index contributed by atoms with van der Waals surface area (Å²) in [6, 6.07) is 21.0. The van der Waals surface area contributed by atoms with Crippen molar-refractivity contribution in [3.63, 3.8) is 0 Å². The van der Waals surface area contributed by atoms with Gasteiger partial charge in [-0.2, -0.15) is 0 Å². The van der Waals surface area contributed by atoms with Gasteiger partial charge in [-0.1, -0.05) is 67.6 Å². The molecule has 0 radical (unpaired) electrons. The molecule has 2 unspecified atom stereocenters. The number of likely N-dealkylation sites (tertiary alicyclic amines) is 1. The number of carbonyl (C=O) groups is 1. The van der Waals surface area contributed by atoms with Crippen LogP contribution >= 0.6 is 0 Å². The van der Waals surface area contributed by atoms with Gasteiger partial charge in [-0.15, -0.1) is 0 Å². The minimum atomic E-state index is -0.664. The predicted molar refractivity (Wildman–Crippen MR) is 96.1 cm³/mol. The zero-order valence-electron chi connectivity index (χ0n) is 14.1. The molecule has 126 valence electrons. The van der Waals surface area contributed by atoms with Gasteiger partial charge in [0.15, 0.2) is 0 Å². The molecule has 0 saturated carbocycles. The van der Waals surface area contributed by atoms with Gasteiger partial charge >= 0.3 is 5.97 Å². The average molecular weight is 323 g/mol. The fourth-order valence-corrected chi connectivity index (χ4v) is 3.82. The van der Waals surface area contributed by atoms with Crippen molar-refractivity contribution >= 4 is 5.97 Å². The Balaban J connectivity index is 1.83. The minimum Gasteiger partial charge on any atom is -0.481 e. The third-order valence-corrected chi connectivity index (χ3v) is 4.93. The number of carboxylic acids is 1. The van der Waals surface area contributed by atoms with Crippen molar-refractivity contribution in [2.45, 2.75) is 19.3 Å². The number of aliphatic carboxylic acids is 1. The first-order valence-electron chi connectivity index (χ1n) is 8.68. The molecule has 1 fully saturated rings. The number of benzene rings is 2. The normalized spacial score (nSPS) is 21.8. The van der Waals surface area contributed by atoms with E-state index >= 15 is 0 Å². The molecule has 2 aromatic rings. The van der Waals surface area contributed by atoms with E-state index in [0.29, 0.717) is 12.5 Å². The molecule has 24 heavy (non-hydrogen) atoms. The van der Waals surface area contributed by atoms with Gasteiger partial charge in [-0.3, -0.25) is 4.79 Å². The van der Waals surface area contributed by atoms with Crippen molar-refractivity contribution in [1.29, 1.82) is 0 Å². The molecule has 0 aromatic heterocycles. The van der Waals surface area contributed by atoms with E-state index in [1.165, 1.54) is 11.1 Å². The second-order valence-electron chi connectivity index (χ2n) is 6.97. The van der Waals surface area contributed by atoms with Crippen LogP contribution in [0.2, 0.25) is 0 Å². The first kappa shape index (κ1) is 16.7. The second-order valence-corrected chi connectivity index (χ2v) is 6.97. The highest BCUT2D eigenvalue weighted by molar-refractivity contribution is 5.70. The highest BCUT2D eigenvalue weighted by atomic mass is 16.4. The summed E-state index contributed by atoms with van der Waals surface area (Å²) in [5, 5.41) is 9.42. The lowest BCUT2D eigenvalue weighted by molar-refractivity contribution is -0.144. The molecule has 0 spiro atoms. The molecule has 3 nitrogen and oxygen atoms in total. The summed E-state index contributed by atoms with van der Waals surface area (Å²) in [6.07, 6.45) is 0.785. The number of nitrogens with zero attached hydrogens (tertiary/aromatic N) is 1. The Morgan fingerprint density at radius 2 is 1.58 bits per heavy atom.